The third-order valence-corrected chi connectivity index (χ3v) is 4.60. The number of nitrogens with one attached hydrogen (secondary N) is 1. The van der Waals surface area contributed by atoms with Gasteiger partial charge < -0.3 is 5.32 Å². The lowest BCUT2D eigenvalue weighted by molar-refractivity contribution is 0.266. The minimum absolute atomic E-state index is 0.175. The van der Waals surface area contributed by atoms with Crippen molar-refractivity contribution in [3.63, 3.8) is 0 Å². The fraction of sp³-hybridized carbons (Fsp3) is 0.625. The van der Waals surface area contributed by atoms with Crippen LogP contribution >= 0.6 is 11.6 Å². The third kappa shape index (κ3) is 3.93. The number of benzene rings is 1. The summed E-state index contributed by atoms with van der Waals surface area (Å²) in [4.78, 5) is 0. The van der Waals surface area contributed by atoms with Crippen molar-refractivity contribution in [1.29, 1.82) is 0 Å². The Morgan fingerprint density at radius 2 is 2.21 bits per heavy atom. The van der Waals surface area contributed by atoms with Crippen LogP contribution in [0, 0.1) is 11.7 Å². The Hall–Kier alpha value is -0.600. The molecular formula is C16H23ClFN. The first-order valence-electron chi connectivity index (χ1n) is 7.31. The largest absolute Gasteiger partial charge is 0.307 e. The van der Waals surface area contributed by atoms with Crippen LogP contribution in [0.4, 0.5) is 4.39 Å². The van der Waals surface area contributed by atoms with Gasteiger partial charge >= 0.3 is 0 Å². The summed E-state index contributed by atoms with van der Waals surface area (Å²) in [6, 6.07) is 5.40. The molecule has 3 heteroatoms. The standard InChI is InChI=1S/C16H23ClFN/c1-3-12-5-4-6-14(9-12)19-11(2)15-8-7-13(18)10-16(15)17/h7-8,10-12,14,19H,3-6,9H2,1-2H3. The van der Waals surface area contributed by atoms with Gasteiger partial charge in [0.15, 0.2) is 0 Å². The van der Waals surface area contributed by atoms with Crippen molar-refractivity contribution >= 4 is 11.6 Å². The smallest absolute Gasteiger partial charge is 0.124 e. The molecule has 1 aromatic rings. The second-order valence-electron chi connectivity index (χ2n) is 5.69. The molecule has 2 rings (SSSR count). The highest BCUT2D eigenvalue weighted by atomic mass is 35.5. The van der Waals surface area contributed by atoms with Crippen LogP contribution in [-0.4, -0.2) is 6.04 Å². The van der Waals surface area contributed by atoms with E-state index < -0.39 is 0 Å². The Labute approximate surface area is 120 Å². The Balaban J connectivity index is 1.98. The molecule has 3 unspecified atom stereocenters. The van der Waals surface area contributed by atoms with Crippen LogP contribution in [0.15, 0.2) is 18.2 Å². The zero-order chi connectivity index (χ0) is 13.8. The summed E-state index contributed by atoms with van der Waals surface area (Å²) in [7, 11) is 0. The highest BCUT2D eigenvalue weighted by Gasteiger charge is 2.22. The van der Waals surface area contributed by atoms with Crippen molar-refractivity contribution in [2.24, 2.45) is 5.92 Å². The van der Waals surface area contributed by atoms with Gasteiger partial charge in [-0.25, -0.2) is 4.39 Å². The maximum atomic E-state index is 13.1. The lowest BCUT2D eigenvalue weighted by Gasteiger charge is -2.31. The molecule has 0 heterocycles. The Morgan fingerprint density at radius 3 is 2.89 bits per heavy atom. The molecule has 0 saturated heterocycles. The Bertz CT molecular complexity index is 421. The lowest BCUT2D eigenvalue weighted by Crippen LogP contribution is -2.35. The van der Waals surface area contributed by atoms with Crippen molar-refractivity contribution in [2.75, 3.05) is 0 Å². The van der Waals surface area contributed by atoms with Gasteiger partial charge in [-0.05, 0) is 43.4 Å². The van der Waals surface area contributed by atoms with Gasteiger partial charge in [-0.1, -0.05) is 43.9 Å². The first-order valence-corrected chi connectivity index (χ1v) is 7.69. The number of hydrogen-bond acceptors (Lipinski definition) is 1. The topological polar surface area (TPSA) is 12.0 Å². The van der Waals surface area contributed by atoms with Crippen LogP contribution in [0.2, 0.25) is 5.02 Å². The van der Waals surface area contributed by atoms with Gasteiger partial charge in [0, 0.05) is 17.1 Å². The van der Waals surface area contributed by atoms with Gasteiger partial charge in [-0.2, -0.15) is 0 Å². The van der Waals surface area contributed by atoms with Gasteiger partial charge in [0.2, 0.25) is 0 Å². The van der Waals surface area contributed by atoms with Crippen molar-refractivity contribution in [1.82, 2.24) is 5.32 Å². The molecule has 1 aliphatic carbocycles. The van der Waals surface area contributed by atoms with Crippen LogP contribution < -0.4 is 5.32 Å². The summed E-state index contributed by atoms with van der Waals surface area (Å²) < 4.78 is 13.1. The summed E-state index contributed by atoms with van der Waals surface area (Å²) in [5.41, 5.74) is 0.988. The molecule has 0 aromatic heterocycles. The van der Waals surface area contributed by atoms with Crippen LogP contribution in [-0.2, 0) is 0 Å². The Morgan fingerprint density at radius 1 is 1.42 bits per heavy atom. The lowest BCUT2D eigenvalue weighted by atomic mass is 9.84. The molecule has 1 saturated carbocycles. The molecule has 0 aliphatic heterocycles. The Kier molecular flexibility index (Phi) is 5.23. The second kappa shape index (κ2) is 6.71. The van der Waals surface area contributed by atoms with Gasteiger partial charge in [-0.15, -0.1) is 0 Å². The van der Waals surface area contributed by atoms with Crippen molar-refractivity contribution in [3.8, 4) is 0 Å². The summed E-state index contributed by atoms with van der Waals surface area (Å²) >= 11 is 6.12. The molecule has 1 aliphatic rings. The third-order valence-electron chi connectivity index (χ3n) is 4.27. The van der Waals surface area contributed by atoms with E-state index in [1.165, 1.54) is 44.2 Å². The summed E-state index contributed by atoms with van der Waals surface area (Å²) in [5.74, 6) is 0.576. The number of hydrogen-bond donors (Lipinski definition) is 1. The fourth-order valence-corrected chi connectivity index (χ4v) is 3.44. The predicted molar refractivity (Wildman–Crippen MR) is 79.0 cm³/mol. The predicted octanol–water partition coefficient (Wildman–Crippen LogP) is 5.10. The summed E-state index contributed by atoms with van der Waals surface area (Å²) in [6.45, 7) is 4.38. The molecule has 1 nitrogen and oxygen atoms in total. The van der Waals surface area contributed by atoms with Gasteiger partial charge in [0.25, 0.3) is 0 Å². The van der Waals surface area contributed by atoms with E-state index in [2.05, 4.69) is 19.2 Å². The summed E-state index contributed by atoms with van der Waals surface area (Å²) in [5, 5.41) is 4.17. The molecule has 106 valence electrons. The van der Waals surface area contributed by atoms with Crippen LogP contribution in [0.25, 0.3) is 0 Å². The zero-order valence-corrected chi connectivity index (χ0v) is 12.5. The van der Waals surface area contributed by atoms with Crippen LogP contribution in [0.5, 0.6) is 0 Å². The minimum atomic E-state index is -0.273. The van der Waals surface area contributed by atoms with E-state index in [4.69, 9.17) is 11.6 Å². The highest BCUT2D eigenvalue weighted by molar-refractivity contribution is 6.31. The van der Waals surface area contributed by atoms with E-state index in [9.17, 15) is 4.39 Å². The maximum absolute atomic E-state index is 13.1. The molecule has 0 bridgehead atoms. The van der Waals surface area contributed by atoms with E-state index >= 15 is 0 Å². The van der Waals surface area contributed by atoms with Gasteiger partial charge in [0.05, 0.1) is 0 Å². The van der Waals surface area contributed by atoms with Crippen molar-refractivity contribution in [3.05, 3.63) is 34.6 Å². The molecule has 19 heavy (non-hydrogen) atoms. The van der Waals surface area contributed by atoms with E-state index in [1.54, 1.807) is 6.07 Å². The molecular weight excluding hydrogens is 261 g/mol. The molecule has 1 N–H and O–H groups in total. The van der Waals surface area contributed by atoms with Gasteiger partial charge in [0.1, 0.15) is 5.82 Å². The number of halogens is 2. The minimum Gasteiger partial charge on any atom is -0.307 e. The molecule has 1 fully saturated rings. The monoisotopic (exact) mass is 283 g/mol. The fourth-order valence-electron chi connectivity index (χ4n) is 3.11. The quantitative estimate of drug-likeness (QED) is 0.811. The van der Waals surface area contributed by atoms with E-state index in [-0.39, 0.29) is 11.9 Å². The highest BCUT2D eigenvalue weighted by Crippen LogP contribution is 2.30. The van der Waals surface area contributed by atoms with Crippen LogP contribution in [0.1, 0.15) is 57.6 Å². The van der Waals surface area contributed by atoms with Gasteiger partial charge in [-0.3, -0.25) is 0 Å². The van der Waals surface area contributed by atoms with Crippen LogP contribution in [0.3, 0.4) is 0 Å². The van der Waals surface area contributed by atoms with E-state index in [0.29, 0.717) is 11.1 Å². The number of rotatable bonds is 4. The first-order chi connectivity index (χ1) is 9.10. The summed E-state index contributed by atoms with van der Waals surface area (Å²) in [6.07, 6.45) is 6.42. The molecule has 3 atom stereocenters. The molecule has 1 aromatic carbocycles. The maximum Gasteiger partial charge on any atom is 0.124 e. The molecule has 0 radical (unpaired) electrons. The zero-order valence-electron chi connectivity index (χ0n) is 11.8. The average Bonchev–Trinajstić information content (AvgIpc) is 2.38. The first kappa shape index (κ1) is 14.8. The second-order valence-corrected chi connectivity index (χ2v) is 6.10. The normalized spacial score (nSPS) is 25.3. The average molecular weight is 284 g/mol. The SMILES string of the molecule is CCC1CCCC(NC(C)c2ccc(F)cc2Cl)C1. The van der Waals surface area contributed by atoms with E-state index in [0.717, 1.165) is 11.5 Å². The molecule has 0 spiro atoms. The van der Waals surface area contributed by atoms with Crippen molar-refractivity contribution in [2.45, 2.75) is 58.0 Å². The molecule has 0 amide bonds. The van der Waals surface area contributed by atoms with E-state index in [1.807, 2.05) is 0 Å². The van der Waals surface area contributed by atoms with Crippen molar-refractivity contribution < 1.29 is 4.39 Å².